The number of aromatic nitrogens is 3. The largest absolute Gasteiger partial charge is 0.311 e. The molecule has 72 heavy (non-hydrogen) atoms. The van der Waals surface area contributed by atoms with Crippen LogP contribution < -0.4 is 4.90 Å². The summed E-state index contributed by atoms with van der Waals surface area (Å²) in [4.78, 5) is 13.7. The van der Waals surface area contributed by atoms with Crippen molar-refractivity contribution in [1.29, 1.82) is 0 Å². The molecule has 11 aromatic carbocycles. The minimum absolute atomic E-state index is 0.820. The van der Waals surface area contributed by atoms with E-state index in [9.17, 15) is 0 Å². The van der Waals surface area contributed by atoms with Crippen LogP contribution >= 0.6 is 0 Å². The lowest BCUT2D eigenvalue weighted by Gasteiger charge is -2.26. The van der Waals surface area contributed by atoms with Crippen LogP contribution in [0.25, 0.3) is 106 Å². The Labute approximate surface area is 419 Å². The van der Waals surface area contributed by atoms with Gasteiger partial charge >= 0.3 is 0 Å². The highest BCUT2D eigenvalue weighted by atomic mass is 15.1. The first-order chi connectivity index (χ1) is 35.7. The van der Waals surface area contributed by atoms with E-state index in [1.807, 2.05) is 0 Å². The van der Waals surface area contributed by atoms with Gasteiger partial charge < -0.3 is 9.47 Å². The van der Waals surface area contributed by atoms with E-state index in [4.69, 9.17) is 9.97 Å². The molecule has 0 amide bonds. The van der Waals surface area contributed by atoms with Gasteiger partial charge in [-0.2, -0.15) is 0 Å². The average Bonchev–Trinajstić information content (AvgIpc) is 3.80. The Morgan fingerprint density at radius 3 is 1.03 bits per heavy atom. The van der Waals surface area contributed by atoms with Crippen molar-refractivity contribution in [1.82, 2.24) is 14.5 Å². The molecule has 0 aliphatic heterocycles. The monoisotopic (exact) mass is 918 g/mol. The van der Waals surface area contributed by atoms with Crippen LogP contribution in [0.3, 0.4) is 0 Å². The second kappa shape index (κ2) is 18.4. The van der Waals surface area contributed by atoms with Crippen molar-refractivity contribution in [2.24, 2.45) is 0 Å². The fraction of sp³-hybridized carbons (Fsp3) is 0. The van der Waals surface area contributed by atoms with Crippen LogP contribution in [-0.2, 0) is 0 Å². The molecular weight excluding hydrogens is 873 g/mol. The number of para-hydroxylation sites is 3. The van der Waals surface area contributed by atoms with Gasteiger partial charge in [-0.15, -0.1) is 0 Å². The Morgan fingerprint density at radius 2 is 0.569 bits per heavy atom. The smallest absolute Gasteiger partial charge is 0.0979 e. The SMILES string of the molecule is c1ccc(-c2ccc(-c3ccc(-c4ccc(-c5ccccc5)cc4)c4nc(-c5ccc(N(c6ccccc6)c6ccc(-n7c8ccccc8c8ccccc87)cc6)cc5)c(-c5ccccc5)nc34)cc2)cc1. The van der Waals surface area contributed by atoms with Crippen LogP contribution in [0.2, 0.25) is 0 Å². The summed E-state index contributed by atoms with van der Waals surface area (Å²) in [7, 11) is 0. The van der Waals surface area contributed by atoms with E-state index in [0.29, 0.717) is 0 Å². The third-order valence-electron chi connectivity index (χ3n) is 13.8. The third-order valence-corrected chi connectivity index (χ3v) is 13.8. The van der Waals surface area contributed by atoms with E-state index in [2.05, 4.69) is 289 Å². The lowest BCUT2D eigenvalue weighted by molar-refractivity contribution is 1.17. The topological polar surface area (TPSA) is 34.0 Å². The summed E-state index contributed by atoms with van der Waals surface area (Å²) in [6.45, 7) is 0. The average molecular weight is 919 g/mol. The van der Waals surface area contributed by atoms with Gasteiger partial charge in [-0.1, -0.05) is 218 Å². The molecule has 2 heterocycles. The zero-order chi connectivity index (χ0) is 47.8. The summed E-state index contributed by atoms with van der Waals surface area (Å²) in [6, 6.07) is 99.2. The quantitative estimate of drug-likeness (QED) is 0.137. The molecule has 0 aliphatic rings. The fourth-order valence-corrected chi connectivity index (χ4v) is 10.3. The van der Waals surface area contributed by atoms with E-state index in [-0.39, 0.29) is 0 Å². The van der Waals surface area contributed by atoms with Crippen molar-refractivity contribution >= 4 is 49.9 Å². The van der Waals surface area contributed by atoms with Crippen LogP contribution in [0.15, 0.2) is 279 Å². The molecule has 338 valence electrons. The Kier molecular flexibility index (Phi) is 10.8. The molecule has 13 aromatic rings. The molecule has 0 radical (unpaired) electrons. The number of anilines is 3. The summed E-state index contributed by atoms with van der Waals surface area (Å²) < 4.78 is 2.36. The Hall–Kier alpha value is -9.64. The first-order valence-corrected chi connectivity index (χ1v) is 24.5. The Morgan fingerprint density at radius 1 is 0.250 bits per heavy atom. The van der Waals surface area contributed by atoms with Crippen LogP contribution in [-0.4, -0.2) is 14.5 Å². The fourth-order valence-electron chi connectivity index (χ4n) is 10.3. The van der Waals surface area contributed by atoms with Gasteiger partial charge in [-0.05, 0) is 94.0 Å². The standard InChI is InChI=1S/C68H46N4/c1-5-17-47(18-6-1)49-29-33-51(34-30-49)59-45-46-60(52-35-31-50(32-36-52)48-19-7-2-8-20-48)68-67(59)69-65(53-21-9-3-10-22-53)66(70-68)54-37-39-56(40-38-54)71(55-23-11-4-12-24-55)57-41-43-58(44-42-57)72-63-27-15-13-25-61(63)62-26-14-16-28-64(62)72/h1-46H. The molecule has 4 nitrogen and oxygen atoms in total. The highest BCUT2D eigenvalue weighted by Crippen LogP contribution is 2.42. The molecule has 4 heteroatoms. The maximum atomic E-state index is 5.72. The van der Waals surface area contributed by atoms with Crippen molar-refractivity contribution in [3.8, 4) is 72.7 Å². The molecule has 0 aliphatic carbocycles. The van der Waals surface area contributed by atoms with E-state index in [0.717, 1.165) is 78.6 Å². The van der Waals surface area contributed by atoms with Crippen molar-refractivity contribution < 1.29 is 0 Å². The van der Waals surface area contributed by atoms with Gasteiger partial charge in [0.25, 0.3) is 0 Å². The molecule has 0 saturated carbocycles. The molecule has 0 atom stereocenters. The van der Waals surface area contributed by atoms with Gasteiger partial charge in [-0.3, -0.25) is 0 Å². The normalized spacial score (nSPS) is 11.3. The molecular formula is C68H46N4. The van der Waals surface area contributed by atoms with Gasteiger partial charge in [0.15, 0.2) is 0 Å². The van der Waals surface area contributed by atoms with Crippen LogP contribution in [0.1, 0.15) is 0 Å². The minimum Gasteiger partial charge on any atom is -0.311 e. The van der Waals surface area contributed by atoms with Crippen molar-refractivity contribution in [3.05, 3.63) is 279 Å². The molecule has 0 saturated heterocycles. The van der Waals surface area contributed by atoms with Gasteiger partial charge in [0.2, 0.25) is 0 Å². The predicted molar refractivity (Wildman–Crippen MR) is 301 cm³/mol. The molecule has 13 rings (SSSR count). The summed E-state index contributed by atoms with van der Waals surface area (Å²) in [5, 5.41) is 2.50. The molecule has 0 N–H and O–H groups in total. The number of benzene rings is 11. The highest BCUT2D eigenvalue weighted by molar-refractivity contribution is 6.09. The Balaban J connectivity index is 0.941. The van der Waals surface area contributed by atoms with E-state index in [1.165, 1.54) is 44.1 Å². The summed E-state index contributed by atoms with van der Waals surface area (Å²) in [5.41, 5.74) is 20.9. The number of hydrogen-bond acceptors (Lipinski definition) is 3. The summed E-state index contributed by atoms with van der Waals surface area (Å²) >= 11 is 0. The first kappa shape index (κ1) is 42.5. The summed E-state index contributed by atoms with van der Waals surface area (Å²) in [6.07, 6.45) is 0. The maximum absolute atomic E-state index is 5.72. The molecule has 0 bridgehead atoms. The zero-order valence-corrected chi connectivity index (χ0v) is 39.3. The highest BCUT2D eigenvalue weighted by Gasteiger charge is 2.21. The van der Waals surface area contributed by atoms with E-state index >= 15 is 0 Å². The number of fused-ring (bicyclic) bond motifs is 4. The molecule has 0 spiro atoms. The lowest BCUT2D eigenvalue weighted by atomic mass is 9.94. The van der Waals surface area contributed by atoms with Crippen LogP contribution in [0.4, 0.5) is 17.1 Å². The summed E-state index contributed by atoms with van der Waals surface area (Å²) in [5.74, 6) is 0. The Bertz CT molecular complexity index is 3970. The number of hydrogen-bond donors (Lipinski definition) is 0. The van der Waals surface area contributed by atoms with E-state index < -0.39 is 0 Å². The minimum atomic E-state index is 0.820. The lowest BCUT2D eigenvalue weighted by Crippen LogP contribution is -2.10. The zero-order valence-electron chi connectivity index (χ0n) is 39.3. The van der Waals surface area contributed by atoms with Crippen molar-refractivity contribution in [2.75, 3.05) is 4.90 Å². The van der Waals surface area contributed by atoms with Crippen LogP contribution in [0.5, 0.6) is 0 Å². The molecule has 0 fully saturated rings. The van der Waals surface area contributed by atoms with Crippen LogP contribution in [0, 0.1) is 0 Å². The van der Waals surface area contributed by atoms with Gasteiger partial charge in [0, 0.05) is 55.8 Å². The number of nitrogens with zero attached hydrogens (tertiary/aromatic N) is 4. The number of rotatable bonds is 10. The van der Waals surface area contributed by atoms with E-state index in [1.54, 1.807) is 0 Å². The first-order valence-electron chi connectivity index (χ1n) is 24.5. The second-order valence-corrected chi connectivity index (χ2v) is 18.1. The maximum Gasteiger partial charge on any atom is 0.0979 e. The van der Waals surface area contributed by atoms with Crippen molar-refractivity contribution in [2.45, 2.75) is 0 Å². The molecule has 0 unspecified atom stereocenters. The van der Waals surface area contributed by atoms with Gasteiger partial charge in [0.05, 0.1) is 33.5 Å². The predicted octanol–water partition coefficient (Wildman–Crippen LogP) is 18.2. The molecule has 2 aromatic heterocycles. The van der Waals surface area contributed by atoms with Gasteiger partial charge in [-0.25, -0.2) is 9.97 Å². The van der Waals surface area contributed by atoms with Gasteiger partial charge in [0.1, 0.15) is 0 Å². The second-order valence-electron chi connectivity index (χ2n) is 18.1. The third kappa shape index (κ3) is 7.78. The van der Waals surface area contributed by atoms with Crippen molar-refractivity contribution in [3.63, 3.8) is 0 Å².